The molecule has 1 unspecified atom stereocenters. The molecule has 0 saturated heterocycles. The van der Waals surface area contributed by atoms with Gasteiger partial charge in [-0.2, -0.15) is 0 Å². The number of rotatable bonds is 5. The van der Waals surface area contributed by atoms with E-state index in [-0.39, 0.29) is 6.04 Å². The third-order valence-corrected chi connectivity index (χ3v) is 4.02. The lowest BCUT2D eigenvalue weighted by Gasteiger charge is -2.18. The number of nitrogen functional groups attached to an aromatic ring is 1. The molecule has 0 saturated carbocycles. The molecular formula is C15H17Cl2N3. The zero-order chi connectivity index (χ0) is 14.5. The summed E-state index contributed by atoms with van der Waals surface area (Å²) in [5.41, 5.74) is 7.87. The first-order valence-electron chi connectivity index (χ1n) is 6.41. The van der Waals surface area contributed by atoms with Gasteiger partial charge in [0.25, 0.3) is 0 Å². The van der Waals surface area contributed by atoms with E-state index < -0.39 is 0 Å². The van der Waals surface area contributed by atoms with Gasteiger partial charge in [0.15, 0.2) is 0 Å². The van der Waals surface area contributed by atoms with E-state index in [0.717, 1.165) is 24.0 Å². The molecular weight excluding hydrogens is 293 g/mol. The van der Waals surface area contributed by atoms with Crippen LogP contribution in [0.5, 0.6) is 0 Å². The predicted octanol–water partition coefficient (Wildman–Crippen LogP) is 3.34. The third kappa shape index (κ3) is 3.63. The lowest BCUT2D eigenvalue weighted by atomic mass is 9.99. The van der Waals surface area contributed by atoms with Gasteiger partial charge in [-0.05, 0) is 49.2 Å². The number of benzene rings is 1. The van der Waals surface area contributed by atoms with Gasteiger partial charge in [0.05, 0.1) is 0 Å². The first-order valence-corrected chi connectivity index (χ1v) is 7.17. The monoisotopic (exact) mass is 309 g/mol. The van der Waals surface area contributed by atoms with Crippen molar-refractivity contribution in [2.24, 2.45) is 0 Å². The summed E-state index contributed by atoms with van der Waals surface area (Å²) in [6.07, 6.45) is 3.21. The molecule has 0 amide bonds. The molecule has 5 heteroatoms. The standard InChI is InChI=1S/C15H17Cl2N3/c1-19-11(8-10-4-3-7-20-15(10)18)9-12-13(16)5-2-6-14(12)17/h2-7,11,19H,8-9H2,1H3,(H2,18,20). The van der Waals surface area contributed by atoms with E-state index in [1.807, 2.05) is 37.4 Å². The molecule has 1 aromatic carbocycles. The number of nitrogens with zero attached hydrogens (tertiary/aromatic N) is 1. The molecule has 1 aromatic heterocycles. The van der Waals surface area contributed by atoms with Crippen LogP contribution in [0.25, 0.3) is 0 Å². The Morgan fingerprint density at radius 2 is 1.85 bits per heavy atom. The Kier molecular flexibility index (Phi) is 5.24. The number of hydrogen-bond acceptors (Lipinski definition) is 3. The predicted molar refractivity (Wildman–Crippen MR) is 85.4 cm³/mol. The summed E-state index contributed by atoms with van der Waals surface area (Å²) in [6.45, 7) is 0. The Hall–Kier alpha value is -1.29. The van der Waals surface area contributed by atoms with E-state index in [0.29, 0.717) is 15.9 Å². The molecule has 0 aliphatic carbocycles. The molecule has 2 aromatic rings. The van der Waals surface area contributed by atoms with Gasteiger partial charge < -0.3 is 11.1 Å². The lowest BCUT2D eigenvalue weighted by Crippen LogP contribution is -2.30. The highest BCUT2D eigenvalue weighted by Gasteiger charge is 2.14. The topological polar surface area (TPSA) is 50.9 Å². The molecule has 0 spiro atoms. The van der Waals surface area contributed by atoms with Crippen molar-refractivity contribution >= 4 is 29.0 Å². The van der Waals surface area contributed by atoms with Gasteiger partial charge >= 0.3 is 0 Å². The Bertz CT molecular complexity index is 567. The Balaban J connectivity index is 2.16. The fraction of sp³-hybridized carbons (Fsp3) is 0.267. The molecule has 3 N–H and O–H groups in total. The number of aromatic nitrogens is 1. The number of nitrogens with one attached hydrogen (secondary N) is 1. The van der Waals surface area contributed by atoms with Gasteiger partial charge in [0, 0.05) is 22.3 Å². The summed E-state index contributed by atoms with van der Waals surface area (Å²) in [6, 6.07) is 9.63. The zero-order valence-electron chi connectivity index (χ0n) is 11.2. The number of likely N-dealkylation sites (N-methyl/N-ethyl adjacent to an activating group) is 1. The molecule has 0 fully saturated rings. The van der Waals surface area contributed by atoms with E-state index in [1.165, 1.54) is 0 Å². The summed E-state index contributed by atoms with van der Waals surface area (Å²) in [7, 11) is 1.92. The average Bonchev–Trinajstić information content (AvgIpc) is 2.44. The summed E-state index contributed by atoms with van der Waals surface area (Å²) < 4.78 is 0. The highest BCUT2D eigenvalue weighted by Crippen LogP contribution is 2.26. The minimum absolute atomic E-state index is 0.193. The van der Waals surface area contributed by atoms with Gasteiger partial charge in [-0.1, -0.05) is 35.3 Å². The number of pyridine rings is 1. The Morgan fingerprint density at radius 1 is 1.15 bits per heavy atom. The fourth-order valence-electron chi connectivity index (χ4n) is 2.14. The smallest absolute Gasteiger partial charge is 0.126 e. The summed E-state index contributed by atoms with van der Waals surface area (Å²) in [5, 5.41) is 4.66. The van der Waals surface area contributed by atoms with Crippen LogP contribution in [-0.2, 0) is 12.8 Å². The van der Waals surface area contributed by atoms with Crippen LogP contribution in [0.2, 0.25) is 10.0 Å². The van der Waals surface area contributed by atoms with Crippen molar-refractivity contribution in [3.63, 3.8) is 0 Å². The highest BCUT2D eigenvalue weighted by atomic mass is 35.5. The van der Waals surface area contributed by atoms with E-state index in [4.69, 9.17) is 28.9 Å². The van der Waals surface area contributed by atoms with Crippen molar-refractivity contribution in [3.8, 4) is 0 Å². The van der Waals surface area contributed by atoms with E-state index >= 15 is 0 Å². The second-order valence-electron chi connectivity index (χ2n) is 4.64. The molecule has 1 atom stereocenters. The largest absolute Gasteiger partial charge is 0.383 e. The highest BCUT2D eigenvalue weighted by molar-refractivity contribution is 6.36. The number of halogens is 2. The minimum atomic E-state index is 0.193. The molecule has 0 bridgehead atoms. The quantitative estimate of drug-likeness (QED) is 0.890. The van der Waals surface area contributed by atoms with Gasteiger partial charge in [0.1, 0.15) is 5.82 Å². The van der Waals surface area contributed by atoms with E-state index in [2.05, 4.69) is 10.3 Å². The van der Waals surface area contributed by atoms with Crippen LogP contribution < -0.4 is 11.1 Å². The molecule has 106 valence electrons. The molecule has 0 aliphatic heterocycles. The molecule has 1 heterocycles. The van der Waals surface area contributed by atoms with E-state index in [1.54, 1.807) is 6.20 Å². The van der Waals surface area contributed by atoms with Crippen molar-refractivity contribution in [1.29, 1.82) is 0 Å². The summed E-state index contributed by atoms with van der Waals surface area (Å²) >= 11 is 12.4. The van der Waals surface area contributed by atoms with Crippen molar-refractivity contribution in [2.45, 2.75) is 18.9 Å². The van der Waals surface area contributed by atoms with Crippen molar-refractivity contribution in [2.75, 3.05) is 12.8 Å². The fourth-order valence-corrected chi connectivity index (χ4v) is 2.69. The lowest BCUT2D eigenvalue weighted by molar-refractivity contribution is 0.556. The van der Waals surface area contributed by atoms with Crippen molar-refractivity contribution in [1.82, 2.24) is 10.3 Å². The molecule has 3 nitrogen and oxygen atoms in total. The average molecular weight is 310 g/mol. The number of hydrogen-bond donors (Lipinski definition) is 2. The zero-order valence-corrected chi connectivity index (χ0v) is 12.7. The van der Waals surface area contributed by atoms with Crippen LogP contribution in [0.1, 0.15) is 11.1 Å². The van der Waals surface area contributed by atoms with Crippen LogP contribution in [0.3, 0.4) is 0 Å². The maximum Gasteiger partial charge on any atom is 0.126 e. The van der Waals surface area contributed by atoms with Gasteiger partial charge in [0.2, 0.25) is 0 Å². The maximum atomic E-state index is 6.22. The van der Waals surface area contributed by atoms with Crippen LogP contribution >= 0.6 is 23.2 Å². The molecule has 0 aliphatic rings. The van der Waals surface area contributed by atoms with Crippen LogP contribution in [0.15, 0.2) is 36.5 Å². The maximum absolute atomic E-state index is 6.22. The normalized spacial score (nSPS) is 12.3. The van der Waals surface area contributed by atoms with Crippen LogP contribution in [0, 0.1) is 0 Å². The third-order valence-electron chi connectivity index (χ3n) is 3.31. The first kappa shape index (κ1) is 15.1. The molecule has 0 radical (unpaired) electrons. The van der Waals surface area contributed by atoms with Crippen molar-refractivity contribution < 1.29 is 0 Å². The molecule has 2 rings (SSSR count). The Morgan fingerprint density at radius 3 is 2.45 bits per heavy atom. The SMILES string of the molecule is CNC(Cc1cccnc1N)Cc1c(Cl)cccc1Cl. The van der Waals surface area contributed by atoms with Crippen LogP contribution in [-0.4, -0.2) is 18.1 Å². The minimum Gasteiger partial charge on any atom is -0.383 e. The van der Waals surface area contributed by atoms with Crippen molar-refractivity contribution in [3.05, 3.63) is 57.7 Å². The number of anilines is 1. The van der Waals surface area contributed by atoms with Gasteiger partial charge in [-0.15, -0.1) is 0 Å². The molecule has 20 heavy (non-hydrogen) atoms. The van der Waals surface area contributed by atoms with Gasteiger partial charge in [-0.25, -0.2) is 4.98 Å². The first-order chi connectivity index (χ1) is 9.61. The second kappa shape index (κ2) is 6.93. The summed E-state index contributed by atoms with van der Waals surface area (Å²) in [4.78, 5) is 4.11. The second-order valence-corrected chi connectivity index (χ2v) is 5.46. The van der Waals surface area contributed by atoms with Gasteiger partial charge in [-0.3, -0.25) is 0 Å². The van der Waals surface area contributed by atoms with E-state index in [9.17, 15) is 0 Å². The Labute approximate surface area is 129 Å². The summed E-state index contributed by atoms with van der Waals surface area (Å²) in [5.74, 6) is 0.568. The number of nitrogens with two attached hydrogens (primary N) is 1. The van der Waals surface area contributed by atoms with Crippen LogP contribution in [0.4, 0.5) is 5.82 Å².